The molecule has 1 aliphatic heterocycles. The van der Waals surface area contributed by atoms with Crippen molar-refractivity contribution in [1.82, 2.24) is 5.32 Å². The van der Waals surface area contributed by atoms with Crippen LogP contribution >= 0.6 is 0 Å². The van der Waals surface area contributed by atoms with Gasteiger partial charge in [-0.25, -0.2) is 12.8 Å². The van der Waals surface area contributed by atoms with E-state index in [0.717, 1.165) is 18.4 Å². The van der Waals surface area contributed by atoms with Crippen LogP contribution in [0.25, 0.3) is 22.3 Å². The lowest BCUT2D eigenvalue weighted by Crippen LogP contribution is -2.28. The fourth-order valence-electron chi connectivity index (χ4n) is 4.82. The molecule has 3 aromatic rings. The number of nitrogens with one attached hydrogen (secondary N) is 2. The summed E-state index contributed by atoms with van der Waals surface area (Å²) in [7, 11) is -3.06. The van der Waals surface area contributed by atoms with Gasteiger partial charge >= 0.3 is 7.12 Å². The number of carbonyl (C=O) groups excluding carboxylic acids is 1. The van der Waals surface area contributed by atoms with Crippen molar-refractivity contribution in [3.63, 3.8) is 0 Å². The maximum Gasteiger partial charge on any atom is 0.454 e. The predicted octanol–water partition coefficient (Wildman–Crippen LogP) is 4.12. The van der Waals surface area contributed by atoms with E-state index in [9.17, 15) is 22.6 Å². The van der Waals surface area contributed by atoms with Crippen LogP contribution in [-0.4, -0.2) is 45.4 Å². The van der Waals surface area contributed by atoms with E-state index in [1.54, 1.807) is 13.0 Å². The molecule has 1 saturated heterocycles. The van der Waals surface area contributed by atoms with Gasteiger partial charge in [0.15, 0.2) is 0 Å². The van der Waals surface area contributed by atoms with Crippen LogP contribution < -0.4 is 10.0 Å². The van der Waals surface area contributed by atoms with Crippen LogP contribution in [0.15, 0.2) is 40.8 Å². The molecule has 2 aromatic carbocycles. The zero-order chi connectivity index (χ0) is 25.6. The Hall–Kier alpha value is -2.89. The highest BCUT2D eigenvalue weighted by atomic mass is 32.2. The zero-order valence-electron chi connectivity index (χ0n) is 20.1. The SMILES string of the molecule is CNC(=O)c1c(-c2ccc(F)cc2)oc2cc(NS(=O)(=O)C(C)CC3COB(O)C3)c(C3CC3)cc12. The number of furan rings is 1. The normalized spacial score (nSPS) is 19.0. The van der Waals surface area contributed by atoms with E-state index in [1.165, 1.54) is 31.3 Å². The standard InChI is InChI=1S/C25H28BFN2O6S/c1-14(9-15-12-26(31)34-13-15)36(32,33)29-21-11-22-20(10-19(21)16-3-4-16)23(25(30)28-2)24(35-22)17-5-7-18(27)8-6-17/h5-8,10-11,14-16,29,31H,3-4,9,12-13H2,1-2H3,(H,28,30). The van der Waals surface area contributed by atoms with Crippen LogP contribution in [0.5, 0.6) is 0 Å². The van der Waals surface area contributed by atoms with Gasteiger partial charge in [0.25, 0.3) is 5.91 Å². The summed E-state index contributed by atoms with van der Waals surface area (Å²) in [5.41, 5.74) is 2.46. The summed E-state index contributed by atoms with van der Waals surface area (Å²) < 4.78 is 54.0. The van der Waals surface area contributed by atoms with Crippen molar-refractivity contribution in [2.45, 2.75) is 43.7 Å². The van der Waals surface area contributed by atoms with Gasteiger partial charge < -0.3 is 19.4 Å². The molecule has 1 amide bonds. The first-order valence-electron chi connectivity index (χ1n) is 12.1. The molecule has 3 N–H and O–H groups in total. The molecule has 5 rings (SSSR count). The van der Waals surface area contributed by atoms with Gasteiger partial charge in [-0.15, -0.1) is 0 Å². The minimum absolute atomic E-state index is 0.0320. The van der Waals surface area contributed by atoms with Crippen molar-refractivity contribution in [3.8, 4) is 11.3 Å². The van der Waals surface area contributed by atoms with E-state index in [4.69, 9.17) is 9.07 Å². The highest BCUT2D eigenvalue weighted by molar-refractivity contribution is 7.93. The quantitative estimate of drug-likeness (QED) is 0.390. The number of rotatable bonds is 8. The summed E-state index contributed by atoms with van der Waals surface area (Å²) >= 11 is 0. The third-order valence-corrected chi connectivity index (χ3v) is 8.70. The van der Waals surface area contributed by atoms with Crippen molar-refractivity contribution in [2.24, 2.45) is 5.92 Å². The Bertz CT molecular complexity index is 1400. The monoisotopic (exact) mass is 514 g/mol. The van der Waals surface area contributed by atoms with Crippen LogP contribution in [-0.2, 0) is 14.7 Å². The summed E-state index contributed by atoms with van der Waals surface area (Å²) in [6, 6.07) is 9.13. The lowest BCUT2D eigenvalue weighted by atomic mass is 9.81. The third-order valence-electron chi connectivity index (χ3n) is 6.94. The molecular weight excluding hydrogens is 486 g/mol. The summed E-state index contributed by atoms with van der Waals surface area (Å²) in [6.07, 6.45) is 2.62. The van der Waals surface area contributed by atoms with Gasteiger partial charge in [-0.3, -0.25) is 9.52 Å². The minimum atomic E-state index is -3.75. The molecule has 8 nitrogen and oxygen atoms in total. The first kappa shape index (κ1) is 24.8. The van der Waals surface area contributed by atoms with E-state index in [0.29, 0.717) is 52.9 Å². The average Bonchev–Trinajstić information content (AvgIpc) is 3.50. The molecule has 1 aliphatic carbocycles. The number of hydrogen-bond donors (Lipinski definition) is 3. The molecular formula is C25H28BFN2O6S. The van der Waals surface area contributed by atoms with Crippen LogP contribution in [0.4, 0.5) is 10.1 Å². The number of anilines is 1. The van der Waals surface area contributed by atoms with E-state index < -0.39 is 28.2 Å². The summed E-state index contributed by atoms with van der Waals surface area (Å²) in [5, 5.41) is 12.1. The van der Waals surface area contributed by atoms with Gasteiger partial charge in [-0.1, -0.05) is 0 Å². The molecule has 0 spiro atoms. The Morgan fingerprint density at radius 3 is 2.58 bits per heavy atom. The molecule has 36 heavy (non-hydrogen) atoms. The van der Waals surface area contributed by atoms with Crippen molar-refractivity contribution >= 4 is 39.7 Å². The van der Waals surface area contributed by atoms with Crippen LogP contribution in [0.2, 0.25) is 6.32 Å². The second kappa shape index (κ2) is 9.53. The molecule has 2 aliphatic rings. The summed E-state index contributed by atoms with van der Waals surface area (Å²) in [6.45, 7) is 1.98. The molecule has 0 bridgehead atoms. The van der Waals surface area contributed by atoms with Crippen molar-refractivity contribution in [1.29, 1.82) is 0 Å². The molecule has 2 unspecified atom stereocenters. The van der Waals surface area contributed by atoms with Crippen LogP contribution in [0.1, 0.15) is 48.0 Å². The molecule has 11 heteroatoms. The highest BCUT2D eigenvalue weighted by Crippen LogP contribution is 2.47. The molecule has 2 heterocycles. The number of halogens is 1. The molecule has 2 atom stereocenters. The van der Waals surface area contributed by atoms with Crippen molar-refractivity contribution in [2.75, 3.05) is 18.4 Å². The second-order valence-electron chi connectivity index (χ2n) is 9.69. The van der Waals surface area contributed by atoms with E-state index in [2.05, 4.69) is 10.0 Å². The average molecular weight is 514 g/mol. The number of benzene rings is 2. The highest BCUT2D eigenvalue weighted by Gasteiger charge is 2.35. The Labute approximate surface area is 209 Å². The van der Waals surface area contributed by atoms with Gasteiger partial charge in [0, 0.05) is 30.7 Å². The maximum absolute atomic E-state index is 13.5. The van der Waals surface area contributed by atoms with Crippen molar-refractivity contribution in [3.05, 3.63) is 53.3 Å². The number of fused-ring (bicyclic) bond motifs is 1. The fourth-order valence-corrected chi connectivity index (χ4v) is 6.03. The first-order chi connectivity index (χ1) is 17.2. The maximum atomic E-state index is 13.5. The number of amides is 1. The number of sulfonamides is 1. The predicted molar refractivity (Wildman–Crippen MR) is 136 cm³/mol. The fraction of sp³-hybridized carbons (Fsp3) is 0.400. The van der Waals surface area contributed by atoms with Crippen LogP contribution in [0, 0.1) is 11.7 Å². The second-order valence-corrected chi connectivity index (χ2v) is 11.8. The van der Waals surface area contributed by atoms with Gasteiger partial charge in [-0.2, -0.15) is 0 Å². The van der Waals surface area contributed by atoms with Gasteiger partial charge in [0.05, 0.1) is 16.5 Å². The van der Waals surface area contributed by atoms with Gasteiger partial charge in [0.2, 0.25) is 10.0 Å². The summed E-state index contributed by atoms with van der Waals surface area (Å²) in [4.78, 5) is 12.9. The van der Waals surface area contributed by atoms with Gasteiger partial charge in [0.1, 0.15) is 17.2 Å². The van der Waals surface area contributed by atoms with Crippen molar-refractivity contribution < 1.29 is 31.7 Å². The first-order valence-corrected chi connectivity index (χ1v) is 13.6. The lowest BCUT2D eigenvalue weighted by Gasteiger charge is -2.19. The Kier molecular flexibility index (Phi) is 6.56. The third kappa shape index (κ3) is 4.87. The largest absolute Gasteiger partial charge is 0.455 e. The molecule has 0 radical (unpaired) electrons. The van der Waals surface area contributed by atoms with E-state index in [-0.39, 0.29) is 17.7 Å². The summed E-state index contributed by atoms with van der Waals surface area (Å²) in [5.74, 6) is -0.313. The van der Waals surface area contributed by atoms with E-state index >= 15 is 0 Å². The Morgan fingerprint density at radius 2 is 1.97 bits per heavy atom. The molecule has 1 saturated carbocycles. The zero-order valence-corrected chi connectivity index (χ0v) is 20.9. The van der Waals surface area contributed by atoms with E-state index in [1.807, 2.05) is 6.07 Å². The molecule has 190 valence electrons. The number of hydrogen-bond acceptors (Lipinski definition) is 6. The molecule has 2 fully saturated rings. The lowest BCUT2D eigenvalue weighted by molar-refractivity contribution is 0.0964. The Morgan fingerprint density at radius 1 is 1.25 bits per heavy atom. The van der Waals surface area contributed by atoms with Crippen LogP contribution in [0.3, 0.4) is 0 Å². The minimum Gasteiger partial charge on any atom is -0.455 e. The number of carbonyl (C=O) groups is 1. The smallest absolute Gasteiger partial charge is 0.454 e. The van der Waals surface area contributed by atoms with Gasteiger partial charge in [-0.05, 0) is 80.2 Å². The Balaban J connectivity index is 1.54. The topological polar surface area (TPSA) is 118 Å². The molecule has 1 aromatic heterocycles.